The average Bonchev–Trinajstić information content (AvgIpc) is 3.37. The number of nitrogens with zero attached hydrogens (tertiary/aromatic N) is 5. The van der Waals surface area contributed by atoms with Crippen molar-refractivity contribution in [2.45, 2.75) is 31.2 Å². The summed E-state index contributed by atoms with van der Waals surface area (Å²) in [6, 6.07) is 12.0. The summed E-state index contributed by atoms with van der Waals surface area (Å²) in [6.45, 7) is 5.30. The predicted molar refractivity (Wildman–Crippen MR) is 144 cm³/mol. The molecular formula is C26H29Cl2N5O4S. The van der Waals surface area contributed by atoms with Crippen LogP contribution in [0.2, 0.25) is 10.0 Å². The van der Waals surface area contributed by atoms with Crippen LogP contribution in [0.15, 0.2) is 51.9 Å². The topological polar surface area (TPSA) is 99.9 Å². The fraction of sp³-hybridized carbons (Fsp3) is 0.423. The van der Waals surface area contributed by atoms with Crippen molar-refractivity contribution in [2.24, 2.45) is 5.92 Å². The van der Waals surface area contributed by atoms with Crippen molar-refractivity contribution in [2.75, 3.05) is 39.3 Å². The van der Waals surface area contributed by atoms with Gasteiger partial charge in [0.05, 0.1) is 16.5 Å². The highest BCUT2D eigenvalue weighted by molar-refractivity contribution is 7.89. The SMILES string of the molecule is Cc1ccc(S(=O)(=O)N2CCN(C(=O)C3CCN(Cc4nc(-c5ccc(Cl)cc5Cl)no4)CC3)CC2)cc1. The van der Waals surface area contributed by atoms with E-state index in [1.54, 1.807) is 42.5 Å². The van der Waals surface area contributed by atoms with Crippen molar-refractivity contribution in [3.05, 3.63) is 64.0 Å². The summed E-state index contributed by atoms with van der Waals surface area (Å²) in [5.74, 6) is 0.934. The van der Waals surface area contributed by atoms with Gasteiger partial charge in [-0.1, -0.05) is 46.1 Å². The summed E-state index contributed by atoms with van der Waals surface area (Å²) in [5.41, 5.74) is 1.66. The molecule has 5 rings (SSSR count). The van der Waals surface area contributed by atoms with Gasteiger partial charge in [0.25, 0.3) is 0 Å². The number of aromatic nitrogens is 2. The number of piperidine rings is 1. The van der Waals surface area contributed by atoms with E-state index in [2.05, 4.69) is 15.0 Å². The molecule has 0 saturated carbocycles. The second-order valence-corrected chi connectivity index (χ2v) is 12.5. The van der Waals surface area contributed by atoms with Crippen molar-refractivity contribution in [3.63, 3.8) is 0 Å². The summed E-state index contributed by atoms with van der Waals surface area (Å²) in [6.07, 6.45) is 1.45. The van der Waals surface area contributed by atoms with Gasteiger partial charge in [-0.25, -0.2) is 8.42 Å². The Labute approximate surface area is 232 Å². The van der Waals surface area contributed by atoms with Crippen LogP contribution < -0.4 is 0 Å². The molecule has 0 N–H and O–H groups in total. The minimum absolute atomic E-state index is 0.0716. The maximum absolute atomic E-state index is 13.2. The number of likely N-dealkylation sites (tertiary alicyclic amines) is 1. The van der Waals surface area contributed by atoms with Crippen LogP contribution in [0.1, 0.15) is 24.3 Å². The number of carbonyl (C=O) groups is 1. The highest BCUT2D eigenvalue weighted by atomic mass is 35.5. The quantitative estimate of drug-likeness (QED) is 0.434. The van der Waals surface area contributed by atoms with Gasteiger partial charge in [0.2, 0.25) is 27.6 Å². The number of benzene rings is 2. The fourth-order valence-corrected chi connectivity index (χ4v) is 6.81. The zero-order valence-corrected chi connectivity index (χ0v) is 23.3. The minimum atomic E-state index is -3.55. The molecule has 1 aromatic heterocycles. The van der Waals surface area contributed by atoms with Crippen LogP contribution in [0, 0.1) is 12.8 Å². The first-order valence-corrected chi connectivity index (χ1v) is 14.8. The molecule has 2 aliphatic rings. The minimum Gasteiger partial charge on any atom is -0.340 e. The lowest BCUT2D eigenvalue weighted by Crippen LogP contribution is -2.52. The third kappa shape index (κ3) is 5.89. The number of halogens is 2. The van der Waals surface area contributed by atoms with Crippen molar-refractivity contribution in [3.8, 4) is 11.4 Å². The van der Waals surface area contributed by atoms with Gasteiger partial charge in [0, 0.05) is 42.7 Å². The van der Waals surface area contributed by atoms with E-state index >= 15 is 0 Å². The van der Waals surface area contributed by atoms with Gasteiger partial charge < -0.3 is 9.42 Å². The first-order chi connectivity index (χ1) is 18.2. The Bertz CT molecular complexity index is 1400. The third-order valence-electron chi connectivity index (χ3n) is 7.14. The lowest BCUT2D eigenvalue weighted by atomic mass is 9.95. The second kappa shape index (κ2) is 11.3. The number of carbonyl (C=O) groups excluding carboxylic acids is 1. The van der Waals surface area contributed by atoms with E-state index in [4.69, 9.17) is 27.7 Å². The van der Waals surface area contributed by atoms with E-state index in [1.165, 1.54) is 4.31 Å². The Hall–Kier alpha value is -2.50. The van der Waals surface area contributed by atoms with Gasteiger partial charge in [-0.2, -0.15) is 9.29 Å². The van der Waals surface area contributed by atoms with Crippen LogP contribution in [0.5, 0.6) is 0 Å². The largest absolute Gasteiger partial charge is 0.340 e. The summed E-state index contributed by atoms with van der Waals surface area (Å²) in [5, 5.41) is 5.04. The summed E-state index contributed by atoms with van der Waals surface area (Å²) < 4.78 is 32.8. The number of sulfonamides is 1. The zero-order valence-electron chi connectivity index (χ0n) is 21.0. The standard InChI is InChI=1S/C26H29Cl2N5O4S/c1-18-2-5-21(6-3-18)38(35,36)33-14-12-32(13-15-33)26(34)19-8-10-31(11-9-19)17-24-29-25(30-37-24)22-7-4-20(27)16-23(22)28/h2-7,16,19H,8-15,17H2,1H3. The number of aryl methyl sites for hydroxylation is 1. The molecule has 2 fully saturated rings. The molecule has 3 aromatic rings. The zero-order chi connectivity index (χ0) is 26.9. The van der Waals surface area contributed by atoms with Crippen LogP contribution in [0.3, 0.4) is 0 Å². The molecule has 0 radical (unpaired) electrons. The van der Waals surface area contributed by atoms with Gasteiger partial charge >= 0.3 is 0 Å². The van der Waals surface area contributed by atoms with E-state index in [0.29, 0.717) is 64.9 Å². The number of hydrogen-bond donors (Lipinski definition) is 0. The van der Waals surface area contributed by atoms with Crippen molar-refractivity contribution in [1.29, 1.82) is 0 Å². The van der Waals surface area contributed by atoms with Gasteiger partial charge in [0.15, 0.2) is 0 Å². The monoisotopic (exact) mass is 577 g/mol. The Balaban J connectivity index is 1.11. The van der Waals surface area contributed by atoms with E-state index < -0.39 is 10.0 Å². The number of amides is 1. The molecule has 0 aliphatic carbocycles. The van der Waals surface area contributed by atoms with Gasteiger partial charge in [-0.05, 0) is 63.2 Å². The molecule has 202 valence electrons. The highest BCUT2D eigenvalue weighted by Gasteiger charge is 2.34. The van der Waals surface area contributed by atoms with Crippen molar-refractivity contribution in [1.82, 2.24) is 24.2 Å². The van der Waals surface area contributed by atoms with Crippen LogP contribution in [-0.2, 0) is 21.4 Å². The van der Waals surface area contributed by atoms with Crippen molar-refractivity contribution < 1.29 is 17.7 Å². The molecule has 2 saturated heterocycles. The Morgan fingerprint density at radius 2 is 1.68 bits per heavy atom. The molecule has 0 spiro atoms. The van der Waals surface area contributed by atoms with E-state index in [9.17, 15) is 13.2 Å². The van der Waals surface area contributed by atoms with E-state index in [1.807, 2.05) is 11.8 Å². The normalized spacial score (nSPS) is 18.1. The van der Waals surface area contributed by atoms with Crippen LogP contribution in [-0.4, -0.2) is 77.8 Å². The third-order valence-corrected chi connectivity index (χ3v) is 9.61. The summed E-state index contributed by atoms with van der Waals surface area (Å²) in [4.78, 5) is 21.9. The molecule has 0 bridgehead atoms. The number of hydrogen-bond acceptors (Lipinski definition) is 7. The fourth-order valence-electron chi connectivity index (χ4n) is 4.89. The van der Waals surface area contributed by atoms with Gasteiger partial charge in [-0.3, -0.25) is 9.69 Å². The van der Waals surface area contributed by atoms with Crippen LogP contribution in [0.25, 0.3) is 11.4 Å². The number of piperazine rings is 1. The Kier molecular flexibility index (Phi) is 8.06. The first kappa shape index (κ1) is 27.1. The van der Waals surface area contributed by atoms with Crippen molar-refractivity contribution >= 4 is 39.1 Å². The first-order valence-electron chi connectivity index (χ1n) is 12.6. The molecule has 0 unspecified atom stereocenters. The summed E-state index contributed by atoms with van der Waals surface area (Å²) >= 11 is 12.2. The lowest BCUT2D eigenvalue weighted by Gasteiger charge is -2.38. The van der Waals surface area contributed by atoms with E-state index in [0.717, 1.165) is 31.5 Å². The molecule has 2 aromatic carbocycles. The molecule has 0 atom stereocenters. The molecule has 38 heavy (non-hydrogen) atoms. The highest BCUT2D eigenvalue weighted by Crippen LogP contribution is 2.29. The molecule has 9 nitrogen and oxygen atoms in total. The second-order valence-electron chi connectivity index (χ2n) is 9.73. The maximum Gasteiger partial charge on any atom is 0.243 e. The van der Waals surface area contributed by atoms with Gasteiger partial charge in [-0.15, -0.1) is 0 Å². The predicted octanol–water partition coefficient (Wildman–Crippen LogP) is 4.10. The average molecular weight is 579 g/mol. The lowest BCUT2D eigenvalue weighted by molar-refractivity contribution is -0.138. The molecule has 12 heteroatoms. The Morgan fingerprint density at radius 1 is 1.00 bits per heavy atom. The number of rotatable bonds is 6. The van der Waals surface area contributed by atoms with Crippen LogP contribution in [0.4, 0.5) is 0 Å². The summed E-state index contributed by atoms with van der Waals surface area (Å²) in [7, 11) is -3.55. The molecule has 3 heterocycles. The maximum atomic E-state index is 13.2. The smallest absolute Gasteiger partial charge is 0.243 e. The van der Waals surface area contributed by atoms with E-state index in [-0.39, 0.29) is 11.8 Å². The van der Waals surface area contributed by atoms with Gasteiger partial charge in [0.1, 0.15) is 0 Å². The molecule has 1 amide bonds. The molecule has 2 aliphatic heterocycles. The molecular weight excluding hydrogens is 549 g/mol. The Morgan fingerprint density at radius 3 is 2.34 bits per heavy atom. The van der Waals surface area contributed by atoms with Crippen LogP contribution >= 0.6 is 23.2 Å².